The van der Waals surface area contributed by atoms with Crippen molar-refractivity contribution in [3.8, 4) is 0 Å². The van der Waals surface area contributed by atoms with E-state index in [0.717, 1.165) is 39.0 Å². The highest BCUT2D eigenvalue weighted by Crippen LogP contribution is 2.19. The van der Waals surface area contributed by atoms with Crippen molar-refractivity contribution in [1.82, 2.24) is 9.80 Å². The van der Waals surface area contributed by atoms with Gasteiger partial charge in [-0.3, -0.25) is 9.59 Å². The lowest BCUT2D eigenvalue weighted by Crippen LogP contribution is -2.42. The Labute approximate surface area is 157 Å². The first-order chi connectivity index (χ1) is 12.5. The maximum Gasteiger partial charge on any atom is 0.306 e. The molecule has 0 N–H and O–H groups in total. The van der Waals surface area contributed by atoms with E-state index in [-0.39, 0.29) is 24.7 Å². The molecule has 1 fully saturated rings. The summed E-state index contributed by atoms with van der Waals surface area (Å²) in [6.07, 6.45) is 3.81. The maximum atomic E-state index is 12.2. The van der Waals surface area contributed by atoms with Crippen LogP contribution in [0, 0.1) is 12.8 Å². The molecule has 0 spiro atoms. The number of piperidine rings is 1. The van der Waals surface area contributed by atoms with Gasteiger partial charge in [0.25, 0.3) is 0 Å². The van der Waals surface area contributed by atoms with Crippen molar-refractivity contribution in [3.05, 3.63) is 35.4 Å². The van der Waals surface area contributed by atoms with Gasteiger partial charge in [0.1, 0.15) is 0 Å². The minimum atomic E-state index is -0.327. The summed E-state index contributed by atoms with van der Waals surface area (Å²) in [6, 6.07) is 8.58. The molecular weight excluding hydrogens is 328 g/mol. The summed E-state index contributed by atoms with van der Waals surface area (Å²) in [5.41, 5.74) is 2.78. The van der Waals surface area contributed by atoms with Crippen molar-refractivity contribution in [2.75, 3.05) is 40.3 Å². The molecule has 0 saturated carbocycles. The quantitative estimate of drug-likeness (QED) is 0.669. The highest BCUT2D eigenvalue weighted by atomic mass is 16.5. The zero-order valence-corrected chi connectivity index (χ0v) is 16.4. The number of methoxy groups -OCH3 is 1. The fourth-order valence-corrected chi connectivity index (χ4v) is 3.66. The third kappa shape index (κ3) is 6.45. The molecule has 1 saturated heterocycles. The normalized spacial score (nSPS) is 17.7. The van der Waals surface area contributed by atoms with Crippen molar-refractivity contribution >= 4 is 11.9 Å². The Morgan fingerprint density at radius 1 is 1.27 bits per heavy atom. The van der Waals surface area contributed by atoms with Crippen LogP contribution in [-0.2, 0) is 20.7 Å². The Bertz CT molecular complexity index is 603. The van der Waals surface area contributed by atoms with Crippen LogP contribution in [0.25, 0.3) is 0 Å². The molecule has 0 unspecified atom stereocenters. The van der Waals surface area contributed by atoms with E-state index < -0.39 is 0 Å². The van der Waals surface area contributed by atoms with Gasteiger partial charge in [0.15, 0.2) is 0 Å². The topological polar surface area (TPSA) is 49.9 Å². The highest BCUT2D eigenvalue weighted by Gasteiger charge is 2.23. The molecule has 1 aromatic rings. The maximum absolute atomic E-state index is 12.2. The van der Waals surface area contributed by atoms with E-state index >= 15 is 0 Å². The molecule has 0 aliphatic carbocycles. The molecule has 0 radical (unpaired) electrons. The molecule has 5 nitrogen and oxygen atoms in total. The monoisotopic (exact) mass is 360 g/mol. The number of ether oxygens (including phenoxy) is 1. The smallest absolute Gasteiger partial charge is 0.306 e. The van der Waals surface area contributed by atoms with E-state index in [2.05, 4.69) is 40.8 Å². The molecule has 1 aliphatic heterocycles. The van der Waals surface area contributed by atoms with Gasteiger partial charge in [0, 0.05) is 33.1 Å². The standard InChI is InChI=1S/C21H32N2O3/c1-17-7-4-5-9-19(17)12-14-23-13-6-8-18(16-23)15-22(2)20(24)10-11-21(25)26-3/h4-5,7,9,18H,6,8,10-16H2,1-3H3/t18-/m1/s1. The van der Waals surface area contributed by atoms with Gasteiger partial charge in [-0.05, 0) is 49.8 Å². The second kappa shape index (κ2) is 10.3. The molecule has 1 heterocycles. The van der Waals surface area contributed by atoms with Crippen molar-refractivity contribution in [2.45, 2.75) is 39.0 Å². The van der Waals surface area contributed by atoms with Crippen LogP contribution >= 0.6 is 0 Å². The Hall–Kier alpha value is -1.88. The van der Waals surface area contributed by atoms with Gasteiger partial charge >= 0.3 is 5.97 Å². The zero-order valence-electron chi connectivity index (χ0n) is 16.4. The van der Waals surface area contributed by atoms with Crippen LogP contribution in [0.15, 0.2) is 24.3 Å². The minimum Gasteiger partial charge on any atom is -0.469 e. The van der Waals surface area contributed by atoms with Gasteiger partial charge in [-0.15, -0.1) is 0 Å². The predicted molar refractivity (Wildman–Crippen MR) is 103 cm³/mol. The van der Waals surface area contributed by atoms with Crippen LogP contribution in [-0.4, -0.2) is 62.0 Å². The van der Waals surface area contributed by atoms with E-state index in [1.165, 1.54) is 24.7 Å². The lowest BCUT2D eigenvalue weighted by molar-refractivity contribution is -0.143. The van der Waals surface area contributed by atoms with Gasteiger partial charge < -0.3 is 14.5 Å². The molecule has 0 bridgehead atoms. The van der Waals surface area contributed by atoms with Crippen LogP contribution in [0.3, 0.4) is 0 Å². The third-order valence-electron chi connectivity index (χ3n) is 5.29. The number of nitrogens with zero attached hydrogens (tertiary/aromatic N) is 2. The molecule has 1 atom stereocenters. The average Bonchev–Trinajstić information content (AvgIpc) is 2.65. The number of amides is 1. The minimum absolute atomic E-state index is 0.0208. The van der Waals surface area contributed by atoms with E-state index in [1.54, 1.807) is 4.90 Å². The molecule has 0 aromatic heterocycles. The summed E-state index contributed by atoms with van der Waals surface area (Å²) < 4.78 is 4.60. The second-order valence-electron chi connectivity index (χ2n) is 7.34. The zero-order chi connectivity index (χ0) is 18.9. The largest absolute Gasteiger partial charge is 0.469 e. The van der Waals surface area contributed by atoms with E-state index in [1.807, 2.05) is 7.05 Å². The van der Waals surface area contributed by atoms with E-state index in [9.17, 15) is 9.59 Å². The van der Waals surface area contributed by atoms with Gasteiger partial charge in [-0.25, -0.2) is 0 Å². The summed E-state index contributed by atoms with van der Waals surface area (Å²) in [7, 11) is 3.19. The van der Waals surface area contributed by atoms with Crippen molar-refractivity contribution in [1.29, 1.82) is 0 Å². The van der Waals surface area contributed by atoms with E-state index in [0.29, 0.717) is 5.92 Å². The fourth-order valence-electron chi connectivity index (χ4n) is 3.66. The fraction of sp³-hybridized carbons (Fsp3) is 0.619. The number of carbonyl (C=O) groups is 2. The van der Waals surface area contributed by atoms with Crippen LogP contribution in [0.1, 0.15) is 36.8 Å². The van der Waals surface area contributed by atoms with Gasteiger partial charge in [-0.2, -0.15) is 0 Å². The Morgan fingerprint density at radius 3 is 2.77 bits per heavy atom. The summed E-state index contributed by atoms with van der Waals surface area (Å²) in [5, 5.41) is 0. The number of hydrogen-bond donors (Lipinski definition) is 0. The van der Waals surface area contributed by atoms with Crippen LogP contribution < -0.4 is 0 Å². The molecule has 1 aliphatic rings. The molecular formula is C21H32N2O3. The molecule has 26 heavy (non-hydrogen) atoms. The molecule has 1 amide bonds. The first-order valence-electron chi connectivity index (χ1n) is 9.57. The van der Waals surface area contributed by atoms with Gasteiger partial charge in [-0.1, -0.05) is 24.3 Å². The highest BCUT2D eigenvalue weighted by molar-refractivity contribution is 5.81. The number of esters is 1. The lowest BCUT2D eigenvalue weighted by atomic mass is 9.96. The van der Waals surface area contributed by atoms with Gasteiger partial charge in [0.2, 0.25) is 5.91 Å². The summed E-state index contributed by atoms with van der Waals surface area (Å²) in [6.45, 7) is 6.19. The number of aryl methyl sites for hydroxylation is 1. The number of rotatable bonds is 8. The molecule has 5 heteroatoms. The predicted octanol–water partition coefficient (Wildman–Crippen LogP) is 2.66. The average molecular weight is 360 g/mol. The number of benzene rings is 1. The summed E-state index contributed by atoms with van der Waals surface area (Å²) in [5.74, 6) is 0.201. The number of hydrogen-bond acceptors (Lipinski definition) is 4. The SMILES string of the molecule is COC(=O)CCC(=O)N(C)C[C@H]1CCCN(CCc2ccccc2C)C1. The third-order valence-corrected chi connectivity index (χ3v) is 5.29. The Morgan fingerprint density at radius 2 is 2.04 bits per heavy atom. The second-order valence-corrected chi connectivity index (χ2v) is 7.34. The Kier molecular flexibility index (Phi) is 8.10. The molecule has 2 rings (SSSR count). The first kappa shape index (κ1) is 20.4. The van der Waals surface area contributed by atoms with Crippen molar-refractivity contribution < 1.29 is 14.3 Å². The van der Waals surface area contributed by atoms with Crippen molar-refractivity contribution in [2.24, 2.45) is 5.92 Å². The van der Waals surface area contributed by atoms with Crippen LogP contribution in [0.4, 0.5) is 0 Å². The lowest BCUT2D eigenvalue weighted by Gasteiger charge is -2.34. The number of likely N-dealkylation sites (tertiary alicyclic amines) is 1. The van der Waals surface area contributed by atoms with Crippen LogP contribution in [0.5, 0.6) is 0 Å². The van der Waals surface area contributed by atoms with Crippen molar-refractivity contribution in [3.63, 3.8) is 0 Å². The van der Waals surface area contributed by atoms with Crippen LogP contribution in [0.2, 0.25) is 0 Å². The van der Waals surface area contributed by atoms with Gasteiger partial charge in [0.05, 0.1) is 13.5 Å². The summed E-state index contributed by atoms with van der Waals surface area (Å²) in [4.78, 5) is 27.7. The molecule has 1 aromatic carbocycles. The first-order valence-corrected chi connectivity index (χ1v) is 9.57. The van der Waals surface area contributed by atoms with E-state index in [4.69, 9.17) is 0 Å². The molecule has 144 valence electrons. The summed E-state index contributed by atoms with van der Waals surface area (Å²) >= 11 is 0. The Balaban J connectivity index is 1.76. The number of carbonyl (C=O) groups excluding carboxylic acids is 2.